The predicted octanol–water partition coefficient (Wildman–Crippen LogP) is 3.19. The number of benzene rings is 1. The summed E-state index contributed by atoms with van der Waals surface area (Å²) in [4.78, 5) is 7.16. The summed E-state index contributed by atoms with van der Waals surface area (Å²) in [5, 5.41) is 4.05. The van der Waals surface area contributed by atoms with Gasteiger partial charge in [-0.2, -0.15) is 0 Å². The van der Waals surface area contributed by atoms with Crippen molar-refractivity contribution < 1.29 is 9.47 Å². The molecule has 6 heteroatoms. The zero-order valence-electron chi connectivity index (χ0n) is 15.1. The van der Waals surface area contributed by atoms with E-state index in [4.69, 9.17) is 26.1 Å². The Labute approximate surface area is 155 Å². The molecule has 2 aliphatic rings. The van der Waals surface area contributed by atoms with E-state index in [1.807, 2.05) is 31.2 Å². The average molecular weight is 366 g/mol. The van der Waals surface area contributed by atoms with Crippen LogP contribution in [0.15, 0.2) is 29.3 Å². The molecule has 1 aromatic rings. The molecule has 0 amide bonds. The summed E-state index contributed by atoms with van der Waals surface area (Å²) < 4.78 is 11.6. The SMILES string of the molecule is CCNC(=NCC(C)Oc1ccccc1Cl)N1CCC2(CCOC2)C1. The molecule has 2 saturated heterocycles. The molecule has 0 aliphatic carbocycles. The fraction of sp³-hybridized carbons (Fsp3) is 0.632. The molecule has 2 fully saturated rings. The van der Waals surface area contributed by atoms with Crippen LogP contribution in [0.2, 0.25) is 5.02 Å². The first-order valence-electron chi connectivity index (χ1n) is 9.14. The van der Waals surface area contributed by atoms with Gasteiger partial charge in [-0.15, -0.1) is 0 Å². The number of ether oxygens (including phenoxy) is 2. The zero-order chi connectivity index (χ0) is 17.7. The molecule has 2 heterocycles. The Balaban J connectivity index is 1.59. The maximum Gasteiger partial charge on any atom is 0.194 e. The Kier molecular flexibility index (Phi) is 6.07. The second-order valence-electron chi connectivity index (χ2n) is 7.03. The van der Waals surface area contributed by atoms with Crippen molar-refractivity contribution in [2.45, 2.75) is 32.8 Å². The van der Waals surface area contributed by atoms with E-state index in [0.717, 1.165) is 45.2 Å². The van der Waals surface area contributed by atoms with Crippen molar-refractivity contribution in [2.24, 2.45) is 10.4 Å². The molecular weight excluding hydrogens is 338 g/mol. The zero-order valence-corrected chi connectivity index (χ0v) is 15.9. The van der Waals surface area contributed by atoms with E-state index in [1.165, 1.54) is 6.42 Å². The molecule has 2 atom stereocenters. The molecule has 0 saturated carbocycles. The molecule has 138 valence electrons. The molecule has 3 rings (SSSR count). The summed E-state index contributed by atoms with van der Waals surface area (Å²) in [7, 11) is 0. The normalized spacial score (nSPS) is 24.8. The number of rotatable bonds is 5. The third kappa shape index (κ3) is 4.59. The van der Waals surface area contributed by atoms with Crippen LogP contribution in [0.4, 0.5) is 0 Å². The Morgan fingerprint density at radius 2 is 2.28 bits per heavy atom. The van der Waals surface area contributed by atoms with Gasteiger partial charge in [0, 0.05) is 31.7 Å². The third-order valence-electron chi connectivity index (χ3n) is 4.92. The molecule has 0 radical (unpaired) electrons. The van der Waals surface area contributed by atoms with Crippen molar-refractivity contribution in [3.05, 3.63) is 29.3 Å². The standard InChI is InChI=1S/C19H28ClN3O2/c1-3-21-18(23-10-8-19(13-23)9-11-24-14-19)22-12-15(2)25-17-7-5-4-6-16(17)20/h4-7,15H,3,8-14H2,1-2H3,(H,21,22). The number of halogens is 1. The third-order valence-corrected chi connectivity index (χ3v) is 5.23. The summed E-state index contributed by atoms with van der Waals surface area (Å²) in [5.74, 6) is 1.68. The number of likely N-dealkylation sites (tertiary alicyclic amines) is 1. The van der Waals surface area contributed by atoms with Gasteiger partial charge in [0.05, 0.1) is 18.2 Å². The fourth-order valence-electron chi connectivity index (χ4n) is 3.52. The van der Waals surface area contributed by atoms with Gasteiger partial charge in [-0.3, -0.25) is 0 Å². The first-order chi connectivity index (χ1) is 12.1. The number of para-hydroxylation sites is 1. The molecule has 1 N–H and O–H groups in total. The van der Waals surface area contributed by atoms with Gasteiger partial charge in [0.25, 0.3) is 0 Å². The van der Waals surface area contributed by atoms with Crippen LogP contribution < -0.4 is 10.1 Å². The lowest BCUT2D eigenvalue weighted by atomic mass is 9.87. The second-order valence-corrected chi connectivity index (χ2v) is 7.43. The predicted molar refractivity (Wildman–Crippen MR) is 102 cm³/mol. The molecule has 1 aromatic carbocycles. The Morgan fingerprint density at radius 1 is 1.44 bits per heavy atom. The van der Waals surface area contributed by atoms with E-state index in [-0.39, 0.29) is 6.10 Å². The molecule has 1 spiro atoms. The van der Waals surface area contributed by atoms with E-state index < -0.39 is 0 Å². The summed E-state index contributed by atoms with van der Waals surface area (Å²) >= 11 is 6.16. The Bertz CT molecular complexity index is 602. The number of hydrogen-bond acceptors (Lipinski definition) is 3. The smallest absolute Gasteiger partial charge is 0.194 e. The summed E-state index contributed by atoms with van der Waals surface area (Å²) in [6, 6.07) is 7.55. The number of hydrogen-bond donors (Lipinski definition) is 1. The van der Waals surface area contributed by atoms with Gasteiger partial charge < -0.3 is 19.7 Å². The van der Waals surface area contributed by atoms with Gasteiger partial charge >= 0.3 is 0 Å². The van der Waals surface area contributed by atoms with Crippen molar-refractivity contribution in [2.75, 3.05) is 39.4 Å². The van der Waals surface area contributed by atoms with Crippen molar-refractivity contribution in [1.82, 2.24) is 10.2 Å². The lowest BCUT2D eigenvalue weighted by molar-refractivity contribution is 0.156. The molecule has 5 nitrogen and oxygen atoms in total. The minimum atomic E-state index is -0.0417. The first kappa shape index (κ1) is 18.3. The van der Waals surface area contributed by atoms with Crippen LogP contribution in [-0.4, -0.2) is 56.4 Å². The summed E-state index contributed by atoms with van der Waals surface area (Å²) in [5.41, 5.74) is 0.329. The highest BCUT2D eigenvalue weighted by Gasteiger charge is 2.42. The van der Waals surface area contributed by atoms with Crippen molar-refractivity contribution >= 4 is 17.6 Å². The van der Waals surface area contributed by atoms with E-state index in [1.54, 1.807) is 0 Å². The van der Waals surface area contributed by atoms with Gasteiger partial charge in [-0.05, 0) is 38.8 Å². The molecule has 0 bridgehead atoms. The van der Waals surface area contributed by atoms with E-state index >= 15 is 0 Å². The van der Waals surface area contributed by atoms with Crippen LogP contribution in [0.5, 0.6) is 5.75 Å². The number of aliphatic imine (C=N–C) groups is 1. The maximum absolute atomic E-state index is 6.16. The number of nitrogens with zero attached hydrogens (tertiary/aromatic N) is 2. The Hall–Kier alpha value is -1.46. The highest BCUT2D eigenvalue weighted by molar-refractivity contribution is 6.32. The summed E-state index contributed by atoms with van der Waals surface area (Å²) in [6.07, 6.45) is 2.30. The largest absolute Gasteiger partial charge is 0.487 e. The molecule has 25 heavy (non-hydrogen) atoms. The lowest BCUT2D eigenvalue weighted by Gasteiger charge is -2.25. The van der Waals surface area contributed by atoms with Crippen LogP contribution in [0.25, 0.3) is 0 Å². The van der Waals surface area contributed by atoms with E-state index in [2.05, 4.69) is 17.1 Å². The summed E-state index contributed by atoms with van der Waals surface area (Å²) in [6.45, 7) is 9.41. The quantitative estimate of drug-likeness (QED) is 0.643. The monoisotopic (exact) mass is 365 g/mol. The van der Waals surface area contributed by atoms with Crippen LogP contribution in [-0.2, 0) is 4.74 Å². The van der Waals surface area contributed by atoms with Gasteiger partial charge in [-0.25, -0.2) is 4.99 Å². The first-order valence-corrected chi connectivity index (χ1v) is 9.52. The van der Waals surface area contributed by atoms with Crippen LogP contribution in [0.1, 0.15) is 26.7 Å². The molecular formula is C19H28ClN3O2. The van der Waals surface area contributed by atoms with Crippen molar-refractivity contribution in [3.8, 4) is 5.75 Å². The second kappa shape index (κ2) is 8.28. The van der Waals surface area contributed by atoms with Gasteiger partial charge in [0.2, 0.25) is 0 Å². The van der Waals surface area contributed by atoms with Crippen LogP contribution in [0.3, 0.4) is 0 Å². The van der Waals surface area contributed by atoms with Gasteiger partial charge in [-0.1, -0.05) is 23.7 Å². The Morgan fingerprint density at radius 3 is 3.00 bits per heavy atom. The van der Waals surface area contributed by atoms with Crippen LogP contribution >= 0.6 is 11.6 Å². The minimum Gasteiger partial charge on any atom is -0.487 e. The van der Waals surface area contributed by atoms with Crippen molar-refractivity contribution in [3.63, 3.8) is 0 Å². The number of guanidine groups is 1. The highest BCUT2D eigenvalue weighted by Crippen LogP contribution is 2.38. The highest BCUT2D eigenvalue weighted by atomic mass is 35.5. The minimum absolute atomic E-state index is 0.0417. The molecule has 0 aromatic heterocycles. The lowest BCUT2D eigenvalue weighted by Crippen LogP contribution is -2.42. The van der Waals surface area contributed by atoms with Gasteiger partial charge in [0.15, 0.2) is 5.96 Å². The molecule has 2 aliphatic heterocycles. The fourth-order valence-corrected chi connectivity index (χ4v) is 3.70. The number of nitrogens with one attached hydrogen (secondary N) is 1. The van der Waals surface area contributed by atoms with Gasteiger partial charge in [0.1, 0.15) is 11.9 Å². The average Bonchev–Trinajstić information content (AvgIpc) is 3.24. The van der Waals surface area contributed by atoms with Crippen molar-refractivity contribution in [1.29, 1.82) is 0 Å². The topological polar surface area (TPSA) is 46.1 Å². The molecule has 2 unspecified atom stereocenters. The van der Waals surface area contributed by atoms with E-state index in [9.17, 15) is 0 Å². The maximum atomic E-state index is 6.16. The van der Waals surface area contributed by atoms with E-state index in [0.29, 0.717) is 22.7 Å². The van der Waals surface area contributed by atoms with Crippen LogP contribution in [0, 0.1) is 5.41 Å².